The Morgan fingerprint density at radius 3 is 3.29 bits per heavy atom. The van der Waals surface area contributed by atoms with Crippen molar-refractivity contribution in [2.75, 3.05) is 26.3 Å². The highest BCUT2D eigenvalue weighted by atomic mass is 16.5. The van der Waals surface area contributed by atoms with Gasteiger partial charge < -0.3 is 15.0 Å². The zero-order chi connectivity index (χ0) is 14.7. The molecule has 2 unspecified atom stereocenters. The van der Waals surface area contributed by atoms with Crippen LogP contribution in [0.15, 0.2) is 18.3 Å². The van der Waals surface area contributed by atoms with Gasteiger partial charge in [0.05, 0.1) is 19.1 Å². The van der Waals surface area contributed by atoms with Gasteiger partial charge in [-0.15, -0.1) is 0 Å². The Hall–Kier alpha value is -1.46. The van der Waals surface area contributed by atoms with Gasteiger partial charge in [0.2, 0.25) is 5.91 Å². The molecule has 5 nitrogen and oxygen atoms in total. The molecule has 2 aliphatic rings. The normalized spacial score (nSPS) is 24.9. The quantitative estimate of drug-likeness (QED) is 0.898. The summed E-state index contributed by atoms with van der Waals surface area (Å²) in [6.45, 7) is 5.69. The summed E-state index contributed by atoms with van der Waals surface area (Å²) in [5.74, 6) is 0.172. The van der Waals surface area contributed by atoms with E-state index < -0.39 is 0 Å². The molecular weight excluding hydrogens is 266 g/mol. The van der Waals surface area contributed by atoms with E-state index in [1.165, 1.54) is 5.56 Å². The summed E-state index contributed by atoms with van der Waals surface area (Å²) in [6, 6.07) is 4.17. The number of nitrogens with one attached hydrogen (secondary N) is 1. The van der Waals surface area contributed by atoms with E-state index in [2.05, 4.69) is 23.3 Å². The number of rotatable bonds is 4. The van der Waals surface area contributed by atoms with Crippen LogP contribution >= 0.6 is 0 Å². The summed E-state index contributed by atoms with van der Waals surface area (Å²) in [5, 5.41) is 3.44. The topological polar surface area (TPSA) is 54.5 Å². The average molecular weight is 289 g/mol. The number of hydrogen-bond acceptors (Lipinski definition) is 4. The molecule has 1 amide bonds. The number of pyridine rings is 1. The fraction of sp³-hybridized carbons (Fsp3) is 0.625. The van der Waals surface area contributed by atoms with Gasteiger partial charge in [-0.05, 0) is 24.6 Å². The highest BCUT2D eigenvalue weighted by Gasteiger charge is 2.37. The van der Waals surface area contributed by atoms with E-state index >= 15 is 0 Å². The van der Waals surface area contributed by atoms with Crippen molar-refractivity contribution in [2.24, 2.45) is 5.92 Å². The van der Waals surface area contributed by atoms with Crippen LogP contribution in [0.4, 0.5) is 0 Å². The van der Waals surface area contributed by atoms with Crippen molar-refractivity contribution < 1.29 is 9.53 Å². The highest BCUT2D eigenvalue weighted by Crippen LogP contribution is 2.22. The van der Waals surface area contributed by atoms with Crippen LogP contribution in [0.3, 0.4) is 0 Å². The highest BCUT2D eigenvalue weighted by molar-refractivity contribution is 5.80. The Bertz CT molecular complexity index is 506. The van der Waals surface area contributed by atoms with E-state index in [4.69, 9.17) is 4.74 Å². The molecule has 3 heterocycles. The monoisotopic (exact) mass is 289 g/mol. The van der Waals surface area contributed by atoms with E-state index in [-0.39, 0.29) is 17.9 Å². The standard InChI is InChI=1S/C16H23N3O2/c1-2-6-17-15-11-21-10-13(15)16(20)19-8-5-14-12(9-19)4-3-7-18-14/h3-4,7,13,15,17H,2,5-6,8-11H2,1H3. The molecule has 5 heteroatoms. The van der Waals surface area contributed by atoms with Crippen molar-refractivity contribution >= 4 is 5.91 Å². The largest absolute Gasteiger partial charge is 0.379 e. The van der Waals surface area contributed by atoms with Gasteiger partial charge in [0.25, 0.3) is 0 Å². The number of carbonyl (C=O) groups excluding carboxylic acids is 1. The lowest BCUT2D eigenvalue weighted by Gasteiger charge is -2.31. The number of hydrogen-bond donors (Lipinski definition) is 1. The third-order valence-corrected chi connectivity index (χ3v) is 4.33. The molecule has 1 aromatic heterocycles. The van der Waals surface area contributed by atoms with Crippen molar-refractivity contribution in [3.05, 3.63) is 29.6 Å². The summed E-state index contributed by atoms with van der Waals surface area (Å²) in [4.78, 5) is 19.1. The van der Waals surface area contributed by atoms with E-state index in [0.717, 1.165) is 31.6 Å². The third kappa shape index (κ3) is 3.09. The molecule has 0 aromatic carbocycles. The maximum Gasteiger partial charge on any atom is 0.230 e. The summed E-state index contributed by atoms with van der Waals surface area (Å²) in [7, 11) is 0. The molecule has 1 saturated heterocycles. The van der Waals surface area contributed by atoms with E-state index in [1.807, 2.05) is 17.2 Å². The molecule has 0 spiro atoms. The summed E-state index contributed by atoms with van der Waals surface area (Å²) >= 11 is 0. The van der Waals surface area contributed by atoms with Crippen LogP contribution in [0.5, 0.6) is 0 Å². The van der Waals surface area contributed by atoms with Gasteiger partial charge in [0.1, 0.15) is 0 Å². The van der Waals surface area contributed by atoms with Crippen molar-refractivity contribution in [1.29, 1.82) is 0 Å². The molecule has 3 rings (SSSR count). The van der Waals surface area contributed by atoms with Crippen molar-refractivity contribution in [3.8, 4) is 0 Å². The predicted octanol–water partition coefficient (Wildman–Crippen LogP) is 0.981. The van der Waals surface area contributed by atoms with Gasteiger partial charge in [0, 0.05) is 37.4 Å². The van der Waals surface area contributed by atoms with Gasteiger partial charge >= 0.3 is 0 Å². The second-order valence-electron chi connectivity index (χ2n) is 5.82. The first-order chi connectivity index (χ1) is 10.3. The lowest BCUT2D eigenvalue weighted by Crippen LogP contribution is -2.47. The molecule has 2 aliphatic heterocycles. The predicted molar refractivity (Wildman–Crippen MR) is 79.7 cm³/mol. The maximum atomic E-state index is 12.8. The number of aromatic nitrogens is 1. The van der Waals surface area contributed by atoms with Crippen LogP contribution in [0.2, 0.25) is 0 Å². The van der Waals surface area contributed by atoms with Crippen molar-refractivity contribution in [3.63, 3.8) is 0 Å². The SMILES string of the molecule is CCCNC1COCC1C(=O)N1CCc2ncccc2C1. The minimum Gasteiger partial charge on any atom is -0.379 e. The van der Waals surface area contributed by atoms with Gasteiger partial charge in [-0.3, -0.25) is 9.78 Å². The van der Waals surface area contributed by atoms with Gasteiger partial charge in [0.15, 0.2) is 0 Å². The number of carbonyl (C=O) groups is 1. The minimum atomic E-state index is -0.0465. The average Bonchev–Trinajstić information content (AvgIpc) is 3.00. The zero-order valence-electron chi connectivity index (χ0n) is 12.5. The summed E-state index contributed by atoms with van der Waals surface area (Å²) in [5.41, 5.74) is 2.30. The Kier molecular flexibility index (Phi) is 4.51. The number of nitrogens with zero attached hydrogens (tertiary/aromatic N) is 2. The van der Waals surface area contributed by atoms with Gasteiger partial charge in [-0.1, -0.05) is 13.0 Å². The third-order valence-electron chi connectivity index (χ3n) is 4.33. The smallest absolute Gasteiger partial charge is 0.230 e. The fourth-order valence-corrected chi connectivity index (χ4v) is 3.12. The maximum absolute atomic E-state index is 12.8. The van der Waals surface area contributed by atoms with E-state index in [0.29, 0.717) is 19.8 Å². The van der Waals surface area contributed by atoms with Crippen LogP contribution < -0.4 is 5.32 Å². The molecule has 0 aliphatic carbocycles. The second-order valence-corrected chi connectivity index (χ2v) is 5.82. The Morgan fingerprint density at radius 2 is 2.43 bits per heavy atom. The van der Waals surface area contributed by atoms with Gasteiger partial charge in [-0.2, -0.15) is 0 Å². The van der Waals surface area contributed by atoms with E-state index in [1.54, 1.807) is 0 Å². The van der Waals surface area contributed by atoms with Crippen LogP contribution in [-0.4, -0.2) is 48.1 Å². The molecule has 1 fully saturated rings. The molecule has 21 heavy (non-hydrogen) atoms. The van der Waals surface area contributed by atoms with Crippen LogP contribution in [0.25, 0.3) is 0 Å². The summed E-state index contributed by atoms with van der Waals surface area (Å²) in [6.07, 6.45) is 3.74. The van der Waals surface area contributed by atoms with Crippen molar-refractivity contribution in [2.45, 2.75) is 32.4 Å². The van der Waals surface area contributed by atoms with Crippen LogP contribution in [0, 0.1) is 5.92 Å². The van der Waals surface area contributed by atoms with Crippen LogP contribution in [-0.2, 0) is 22.5 Å². The fourth-order valence-electron chi connectivity index (χ4n) is 3.12. The molecule has 1 N–H and O–H groups in total. The molecule has 114 valence electrons. The zero-order valence-corrected chi connectivity index (χ0v) is 12.5. The first kappa shape index (κ1) is 14.5. The number of ether oxygens (including phenoxy) is 1. The first-order valence-corrected chi connectivity index (χ1v) is 7.82. The first-order valence-electron chi connectivity index (χ1n) is 7.82. The Balaban J connectivity index is 1.66. The minimum absolute atomic E-state index is 0.0465. The molecule has 0 saturated carbocycles. The second kappa shape index (κ2) is 6.54. The van der Waals surface area contributed by atoms with Gasteiger partial charge in [-0.25, -0.2) is 0 Å². The number of amides is 1. The Labute approximate surface area is 125 Å². The molecular formula is C16H23N3O2. The Morgan fingerprint density at radius 1 is 1.52 bits per heavy atom. The summed E-state index contributed by atoms with van der Waals surface area (Å²) < 4.78 is 5.53. The number of fused-ring (bicyclic) bond motifs is 1. The molecule has 1 aromatic rings. The molecule has 0 bridgehead atoms. The van der Waals surface area contributed by atoms with Crippen molar-refractivity contribution in [1.82, 2.24) is 15.2 Å². The molecule has 2 atom stereocenters. The lowest BCUT2D eigenvalue weighted by molar-refractivity contribution is -0.137. The lowest BCUT2D eigenvalue weighted by atomic mass is 9.99. The molecule has 0 radical (unpaired) electrons. The van der Waals surface area contributed by atoms with Crippen LogP contribution in [0.1, 0.15) is 24.6 Å². The van der Waals surface area contributed by atoms with E-state index in [9.17, 15) is 4.79 Å².